The van der Waals surface area contributed by atoms with Gasteiger partial charge in [0.25, 0.3) is 5.91 Å². The second-order valence-electron chi connectivity index (χ2n) is 5.00. The summed E-state index contributed by atoms with van der Waals surface area (Å²) in [5.41, 5.74) is 1.44. The number of para-hydroxylation sites is 1. The number of amides is 1. The van der Waals surface area contributed by atoms with Crippen molar-refractivity contribution < 1.29 is 9.53 Å². The molecule has 0 bridgehead atoms. The van der Waals surface area contributed by atoms with Gasteiger partial charge in [0.15, 0.2) is 6.73 Å². The van der Waals surface area contributed by atoms with Gasteiger partial charge in [0.2, 0.25) is 11.8 Å². The van der Waals surface area contributed by atoms with E-state index in [1.54, 1.807) is 30.5 Å². The first kappa shape index (κ1) is 16.9. The molecule has 25 heavy (non-hydrogen) atoms. The first-order valence-corrected chi connectivity index (χ1v) is 8.32. The molecule has 0 radical (unpaired) electrons. The standard InChI is InChI=1S/C18H15BrN4O2/c19-15-11-20-18(22-14-9-5-2-6-10-14)23-17(15)25-12-21-16(24)13-7-3-1-4-8-13/h1-11H,12H2,(H,21,24)(H,20,22,23). The van der Waals surface area contributed by atoms with E-state index >= 15 is 0 Å². The SMILES string of the molecule is O=C(NCOc1nc(Nc2ccccc2)ncc1Br)c1ccccc1. The van der Waals surface area contributed by atoms with E-state index in [0.717, 1.165) is 5.69 Å². The molecule has 1 aromatic heterocycles. The van der Waals surface area contributed by atoms with E-state index in [1.165, 1.54) is 0 Å². The Labute approximate surface area is 153 Å². The van der Waals surface area contributed by atoms with Crippen LogP contribution in [-0.2, 0) is 0 Å². The van der Waals surface area contributed by atoms with Crippen LogP contribution in [0.5, 0.6) is 5.88 Å². The number of nitrogens with zero attached hydrogens (tertiary/aromatic N) is 2. The summed E-state index contributed by atoms with van der Waals surface area (Å²) < 4.78 is 6.13. The number of carbonyl (C=O) groups is 1. The quantitative estimate of drug-likeness (QED) is 0.618. The molecule has 3 rings (SSSR count). The molecule has 0 fully saturated rings. The molecule has 3 aromatic rings. The summed E-state index contributed by atoms with van der Waals surface area (Å²) >= 11 is 3.34. The van der Waals surface area contributed by atoms with Crippen molar-refractivity contribution in [1.29, 1.82) is 0 Å². The lowest BCUT2D eigenvalue weighted by atomic mass is 10.2. The minimum absolute atomic E-state index is 0.00584. The van der Waals surface area contributed by atoms with Gasteiger partial charge in [-0.25, -0.2) is 4.98 Å². The van der Waals surface area contributed by atoms with Crippen LogP contribution in [0.1, 0.15) is 10.4 Å². The minimum Gasteiger partial charge on any atom is -0.455 e. The van der Waals surface area contributed by atoms with Crippen LogP contribution < -0.4 is 15.4 Å². The van der Waals surface area contributed by atoms with Crippen LogP contribution >= 0.6 is 15.9 Å². The Balaban J connectivity index is 1.60. The van der Waals surface area contributed by atoms with Crippen LogP contribution in [0, 0.1) is 0 Å². The lowest BCUT2D eigenvalue weighted by Crippen LogP contribution is -2.28. The molecule has 0 aliphatic carbocycles. The first-order chi connectivity index (χ1) is 12.2. The number of ether oxygens (including phenoxy) is 1. The monoisotopic (exact) mass is 398 g/mol. The number of halogens is 1. The van der Waals surface area contributed by atoms with E-state index < -0.39 is 0 Å². The second-order valence-corrected chi connectivity index (χ2v) is 5.85. The molecule has 0 saturated carbocycles. The van der Waals surface area contributed by atoms with Crippen molar-refractivity contribution >= 4 is 33.5 Å². The van der Waals surface area contributed by atoms with Gasteiger partial charge >= 0.3 is 0 Å². The van der Waals surface area contributed by atoms with E-state index in [4.69, 9.17) is 4.74 Å². The van der Waals surface area contributed by atoms with Crippen molar-refractivity contribution in [2.75, 3.05) is 12.0 Å². The number of nitrogens with one attached hydrogen (secondary N) is 2. The third-order valence-electron chi connectivity index (χ3n) is 3.22. The molecule has 1 heterocycles. The van der Waals surface area contributed by atoms with E-state index in [0.29, 0.717) is 21.9 Å². The maximum atomic E-state index is 12.0. The highest BCUT2D eigenvalue weighted by molar-refractivity contribution is 9.10. The molecule has 126 valence electrons. The van der Waals surface area contributed by atoms with Gasteiger partial charge in [-0.15, -0.1) is 0 Å². The summed E-state index contributed by atoms with van der Waals surface area (Å²) in [6.07, 6.45) is 1.59. The summed E-state index contributed by atoms with van der Waals surface area (Å²) in [7, 11) is 0. The summed E-state index contributed by atoms with van der Waals surface area (Å²) in [6, 6.07) is 18.5. The topological polar surface area (TPSA) is 76.1 Å². The van der Waals surface area contributed by atoms with Crippen LogP contribution in [0.3, 0.4) is 0 Å². The first-order valence-electron chi connectivity index (χ1n) is 7.53. The zero-order chi connectivity index (χ0) is 17.5. The summed E-state index contributed by atoms with van der Waals surface area (Å²) in [5, 5.41) is 5.77. The summed E-state index contributed by atoms with van der Waals surface area (Å²) in [5.74, 6) is 0.522. The molecule has 0 aliphatic rings. The van der Waals surface area contributed by atoms with Gasteiger partial charge < -0.3 is 15.4 Å². The normalized spacial score (nSPS) is 10.1. The molecular formula is C18H15BrN4O2. The third kappa shape index (κ3) is 4.77. The fraction of sp³-hybridized carbons (Fsp3) is 0.0556. The molecular weight excluding hydrogens is 384 g/mol. The fourth-order valence-electron chi connectivity index (χ4n) is 2.03. The van der Waals surface area contributed by atoms with E-state index in [1.807, 2.05) is 36.4 Å². The van der Waals surface area contributed by atoms with Gasteiger partial charge in [-0.1, -0.05) is 36.4 Å². The average Bonchev–Trinajstić information content (AvgIpc) is 2.66. The van der Waals surface area contributed by atoms with Crippen molar-refractivity contribution in [2.45, 2.75) is 0 Å². The molecule has 2 aromatic carbocycles. The number of hydrogen-bond acceptors (Lipinski definition) is 5. The van der Waals surface area contributed by atoms with E-state index in [9.17, 15) is 4.79 Å². The van der Waals surface area contributed by atoms with Crippen molar-refractivity contribution in [3.63, 3.8) is 0 Å². The van der Waals surface area contributed by atoms with Gasteiger partial charge in [0, 0.05) is 11.3 Å². The van der Waals surface area contributed by atoms with Crippen LogP contribution in [0.2, 0.25) is 0 Å². The molecule has 7 heteroatoms. The number of rotatable bonds is 6. The van der Waals surface area contributed by atoms with Gasteiger partial charge in [0.1, 0.15) is 0 Å². The van der Waals surface area contributed by atoms with Gasteiger partial charge in [-0.3, -0.25) is 4.79 Å². The zero-order valence-electron chi connectivity index (χ0n) is 13.1. The van der Waals surface area contributed by atoms with E-state index in [2.05, 4.69) is 36.5 Å². The maximum Gasteiger partial charge on any atom is 0.253 e. The molecule has 1 amide bonds. The highest BCUT2D eigenvalue weighted by Crippen LogP contribution is 2.23. The highest BCUT2D eigenvalue weighted by atomic mass is 79.9. The summed E-state index contributed by atoms with van der Waals surface area (Å²) in [6.45, 7) is -0.00584. The molecule has 0 aliphatic heterocycles. The smallest absolute Gasteiger partial charge is 0.253 e. The van der Waals surface area contributed by atoms with Gasteiger partial charge in [0.05, 0.1) is 10.7 Å². The summed E-state index contributed by atoms with van der Waals surface area (Å²) in [4.78, 5) is 20.5. The maximum absolute atomic E-state index is 12.0. The number of aromatic nitrogens is 2. The molecule has 0 spiro atoms. The Kier molecular flexibility index (Phi) is 5.58. The average molecular weight is 399 g/mol. The number of anilines is 2. The van der Waals surface area contributed by atoms with Crippen LogP contribution in [0.25, 0.3) is 0 Å². The Bertz CT molecular complexity index is 844. The number of carbonyl (C=O) groups excluding carboxylic acids is 1. The largest absolute Gasteiger partial charge is 0.455 e. The van der Waals surface area contributed by atoms with Crippen LogP contribution in [0.15, 0.2) is 71.3 Å². The molecule has 0 unspecified atom stereocenters. The second kappa shape index (κ2) is 8.25. The Morgan fingerprint density at radius 2 is 1.72 bits per heavy atom. The van der Waals surface area contributed by atoms with Crippen molar-refractivity contribution in [3.8, 4) is 5.88 Å². The third-order valence-corrected chi connectivity index (χ3v) is 3.76. The Morgan fingerprint density at radius 3 is 2.44 bits per heavy atom. The van der Waals surface area contributed by atoms with Crippen molar-refractivity contribution in [3.05, 3.63) is 76.9 Å². The van der Waals surface area contributed by atoms with Crippen LogP contribution in [0.4, 0.5) is 11.6 Å². The van der Waals surface area contributed by atoms with Crippen molar-refractivity contribution in [2.24, 2.45) is 0 Å². The fourth-order valence-corrected chi connectivity index (χ4v) is 2.33. The Hall–Kier alpha value is -2.93. The predicted molar refractivity (Wildman–Crippen MR) is 98.9 cm³/mol. The van der Waals surface area contributed by atoms with Gasteiger partial charge in [-0.2, -0.15) is 4.98 Å². The lowest BCUT2D eigenvalue weighted by molar-refractivity contribution is 0.0917. The van der Waals surface area contributed by atoms with Gasteiger partial charge in [-0.05, 0) is 40.2 Å². The minimum atomic E-state index is -0.214. The van der Waals surface area contributed by atoms with Crippen LogP contribution in [-0.4, -0.2) is 22.6 Å². The molecule has 0 atom stereocenters. The zero-order valence-corrected chi connectivity index (χ0v) is 14.7. The number of benzene rings is 2. The number of hydrogen-bond donors (Lipinski definition) is 2. The molecule has 6 nitrogen and oxygen atoms in total. The molecule has 2 N–H and O–H groups in total. The lowest BCUT2D eigenvalue weighted by Gasteiger charge is -2.10. The molecule has 0 saturated heterocycles. The predicted octanol–water partition coefficient (Wildman–Crippen LogP) is 3.75. The van der Waals surface area contributed by atoms with Crippen molar-refractivity contribution in [1.82, 2.24) is 15.3 Å². The highest BCUT2D eigenvalue weighted by Gasteiger charge is 2.08. The Morgan fingerprint density at radius 1 is 1.04 bits per heavy atom. The van der Waals surface area contributed by atoms with E-state index in [-0.39, 0.29) is 12.6 Å².